The summed E-state index contributed by atoms with van der Waals surface area (Å²) in [4.78, 5) is 4.32. The quantitative estimate of drug-likeness (QED) is 0.348. The van der Waals surface area contributed by atoms with Crippen LogP contribution in [0.3, 0.4) is 0 Å². The van der Waals surface area contributed by atoms with Crippen LogP contribution < -0.4 is 21.7 Å². The average Bonchev–Trinajstić information content (AvgIpc) is 2.74. The lowest BCUT2D eigenvalue weighted by Gasteiger charge is -2.25. The largest absolute Gasteiger partial charge is 0.388 e. The van der Waals surface area contributed by atoms with E-state index in [0.29, 0.717) is 11.6 Å². The van der Waals surface area contributed by atoms with E-state index in [2.05, 4.69) is 39.1 Å². The summed E-state index contributed by atoms with van der Waals surface area (Å²) in [6, 6.07) is 12.9. The minimum atomic E-state index is 0.0595. The Kier molecular flexibility index (Phi) is 5.12. The number of amidine groups is 1. The molecule has 0 aliphatic carbocycles. The fraction of sp³-hybridized carbons (Fsp3) is 0.273. The van der Waals surface area contributed by atoms with Crippen molar-refractivity contribution >= 4 is 28.0 Å². The van der Waals surface area contributed by atoms with Gasteiger partial charge in [0.15, 0.2) is 0 Å². The minimum absolute atomic E-state index is 0.0595. The van der Waals surface area contributed by atoms with Crippen LogP contribution in [-0.4, -0.2) is 37.0 Å². The molecule has 0 bridgehead atoms. The van der Waals surface area contributed by atoms with Crippen molar-refractivity contribution in [3.05, 3.63) is 54.4 Å². The fourth-order valence-corrected chi connectivity index (χ4v) is 3.84. The zero-order valence-electron chi connectivity index (χ0n) is 16.0. The van der Waals surface area contributed by atoms with Crippen LogP contribution >= 0.6 is 0 Å². The third kappa shape index (κ3) is 3.64. The van der Waals surface area contributed by atoms with Gasteiger partial charge in [-0.3, -0.25) is 10.4 Å². The van der Waals surface area contributed by atoms with Crippen molar-refractivity contribution in [2.45, 2.75) is 18.9 Å². The molecule has 0 spiro atoms. The number of piperidine rings is 1. The highest BCUT2D eigenvalue weighted by Gasteiger charge is 2.15. The summed E-state index contributed by atoms with van der Waals surface area (Å²) >= 11 is 0. The third-order valence-corrected chi connectivity index (χ3v) is 5.37. The third-order valence-electron chi connectivity index (χ3n) is 5.37. The zero-order chi connectivity index (χ0) is 19.5. The molecule has 0 amide bonds. The topological polar surface area (TPSA) is 98.8 Å². The van der Waals surface area contributed by atoms with Gasteiger partial charge < -0.3 is 21.7 Å². The Hall–Kier alpha value is -3.12. The van der Waals surface area contributed by atoms with Gasteiger partial charge in [-0.1, -0.05) is 6.07 Å². The number of rotatable bonds is 5. The molecular formula is C22H26N6. The van der Waals surface area contributed by atoms with E-state index in [4.69, 9.17) is 11.1 Å². The first-order valence-corrected chi connectivity index (χ1v) is 9.67. The van der Waals surface area contributed by atoms with Crippen LogP contribution in [0.15, 0.2) is 48.8 Å². The van der Waals surface area contributed by atoms with Crippen molar-refractivity contribution in [3.8, 4) is 11.1 Å². The van der Waals surface area contributed by atoms with Crippen LogP contribution in [-0.2, 0) is 0 Å². The van der Waals surface area contributed by atoms with Gasteiger partial charge in [-0.2, -0.15) is 0 Å². The Morgan fingerprint density at radius 2 is 1.93 bits per heavy atom. The van der Waals surface area contributed by atoms with E-state index in [9.17, 15) is 0 Å². The first-order valence-electron chi connectivity index (χ1n) is 9.67. The van der Waals surface area contributed by atoms with Crippen LogP contribution in [0.25, 0.3) is 21.9 Å². The molecule has 1 aliphatic heterocycles. The predicted octanol–water partition coefficient (Wildman–Crippen LogP) is 3.39. The van der Waals surface area contributed by atoms with Crippen LogP contribution in [0, 0.1) is 5.41 Å². The molecule has 2 aromatic carbocycles. The van der Waals surface area contributed by atoms with Gasteiger partial charge in [-0.25, -0.2) is 0 Å². The minimum Gasteiger partial charge on any atom is -0.388 e. The molecule has 0 atom stereocenters. The van der Waals surface area contributed by atoms with E-state index in [1.165, 1.54) is 0 Å². The maximum atomic E-state index is 7.89. The van der Waals surface area contributed by atoms with Gasteiger partial charge in [0.2, 0.25) is 0 Å². The summed E-state index contributed by atoms with van der Waals surface area (Å²) < 4.78 is 0. The number of nitrogens with two attached hydrogens (primary N) is 1. The Labute approximate surface area is 165 Å². The van der Waals surface area contributed by atoms with Gasteiger partial charge in [-0.15, -0.1) is 0 Å². The summed E-state index contributed by atoms with van der Waals surface area (Å²) in [6.07, 6.45) is 5.97. The van der Waals surface area contributed by atoms with Gasteiger partial charge in [0, 0.05) is 47.8 Å². The van der Waals surface area contributed by atoms with Crippen molar-refractivity contribution in [2.75, 3.05) is 30.8 Å². The molecule has 1 aromatic heterocycles. The number of aromatic nitrogens is 1. The van der Waals surface area contributed by atoms with E-state index in [1.807, 2.05) is 37.6 Å². The lowest BCUT2D eigenvalue weighted by Crippen LogP contribution is -2.35. The molecule has 1 fully saturated rings. The first kappa shape index (κ1) is 18.3. The lowest BCUT2D eigenvalue weighted by molar-refractivity contribution is 0.479. The SMILES string of the molecule is CNc1ccc(-c2cc(NC3CCNCC3)c3cnccc3c2)cc1C(=N)N. The van der Waals surface area contributed by atoms with Crippen molar-refractivity contribution < 1.29 is 0 Å². The van der Waals surface area contributed by atoms with Crippen molar-refractivity contribution in [3.63, 3.8) is 0 Å². The van der Waals surface area contributed by atoms with Crippen LogP contribution in [0.5, 0.6) is 0 Å². The monoisotopic (exact) mass is 374 g/mol. The molecule has 6 nitrogen and oxygen atoms in total. The first-order chi connectivity index (χ1) is 13.7. The number of nitrogens with one attached hydrogen (secondary N) is 4. The second-order valence-corrected chi connectivity index (χ2v) is 7.21. The maximum Gasteiger partial charge on any atom is 0.124 e. The second-order valence-electron chi connectivity index (χ2n) is 7.21. The molecule has 2 heterocycles. The molecule has 3 aromatic rings. The number of pyridine rings is 1. The normalized spacial score (nSPS) is 14.8. The second kappa shape index (κ2) is 7.86. The predicted molar refractivity (Wildman–Crippen MR) is 117 cm³/mol. The smallest absolute Gasteiger partial charge is 0.124 e. The van der Waals surface area contributed by atoms with E-state index in [0.717, 1.165) is 59.2 Å². The Morgan fingerprint density at radius 1 is 1.11 bits per heavy atom. The van der Waals surface area contributed by atoms with Gasteiger partial charge >= 0.3 is 0 Å². The number of benzene rings is 2. The highest BCUT2D eigenvalue weighted by Crippen LogP contribution is 2.33. The number of hydrogen-bond donors (Lipinski definition) is 5. The molecule has 1 saturated heterocycles. The van der Waals surface area contributed by atoms with Gasteiger partial charge in [0.1, 0.15) is 5.84 Å². The molecule has 0 radical (unpaired) electrons. The van der Waals surface area contributed by atoms with Gasteiger partial charge in [0.05, 0.1) is 0 Å². The van der Waals surface area contributed by atoms with Crippen molar-refractivity contribution in [2.24, 2.45) is 5.73 Å². The number of hydrogen-bond acceptors (Lipinski definition) is 5. The molecule has 144 valence electrons. The van der Waals surface area contributed by atoms with Gasteiger partial charge in [-0.05, 0) is 72.8 Å². The Morgan fingerprint density at radius 3 is 2.68 bits per heavy atom. The highest BCUT2D eigenvalue weighted by molar-refractivity contribution is 6.02. The number of nitrogen functional groups attached to an aromatic ring is 1. The van der Waals surface area contributed by atoms with E-state index in [-0.39, 0.29) is 5.84 Å². The van der Waals surface area contributed by atoms with Crippen LogP contribution in [0.4, 0.5) is 11.4 Å². The van der Waals surface area contributed by atoms with E-state index < -0.39 is 0 Å². The summed E-state index contributed by atoms with van der Waals surface area (Å²) in [7, 11) is 1.84. The number of nitrogens with zero attached hydrogens (tertiary/aromatic N) is 1. The summed E-state index contributed by atoms with van der Waals surface area (Å²) in [5.41, 5.74) is 10.6. The van der Waals surface area contributed by atoms with Crippen LogP contribution in [0.2, 0.25) is 0 Å². The Bertz CT molecular complexity index is 1010. The van der Waals surface area contributed by atoms with Crippen LogP contribution in [0.1, 0.15) is 18.4 Å². The Balaban J connectivity index is 1.79. The standard InChI is InChI=1S/C22H26N6/c1-25-20-3-2-14(11-18(20)22(23)24)16-10-15-4-7-27-13-19(15)21(12-16)28-17-5-8-26-9-6-17/h2-4,7,10-13,17,25-26,28H,5-6,8-9H2,1H3,(H3,23,24). The summed E-state index contributed by atoms with van der Waals surface area (Å²) in [6.45, 7) is 2.09. The molecule has 0 unspecified atom stereocenters. The number of fused-ring (bicyclic) bond motifs is 1. The molecule has 6 N–H and O–H groups in total. The summed E-state index contributed by atoms with van der Waals surface area (Å²) in [5, 5.41) is 20.4. The van der Waals surface area contributed by atoms with Crippen molar-refractivity contribution in [1.29, 1.82) is 5.41 Å². The number of anilines is 2. The highest BCUT2D eigenvalue weighted by atomic mass is 15.0. The summed E-state index contributed by atoms with van der Waals surface area (Å²) in [5.74, 6) is 0.0595. The molecule has 1 aliphatic rings. The van der Waals surface area contributed by atoms with E-state index in [1.54, 1.807) is 0 Å². The average molecular weight is 374 g/mol. The molecule has 6 heteroatoms. The molecule has 28 heavy (non-hydrogen) atoms. The zero-order valence-corrected chi connectivity index (χ0v) is 16.0. The van der Waals surface area contributed by atoms with Gasteiger partial charge in [0.25, 0.3) is 0 Å². The van der Waals surface area contributed by atoms with E-state index >= 15 is 0 Å². The lowest BCUT2D eigenvalue weighted by atomic mass is 9.97. The maximum absolute atomic E-state index is 7.89. The molecular weight excluding hydrogens is 348 g/mol. The molecule has 4 rings (SSSR count). The fourth-order valence-electron chi connectivity index (χ4n) is 3.84. The molecule has 0 saturated carbocycles. The van der Waals surface area contributed by atoms with Crippen molar-refractivity contribution in [1.82, 2.24) is 10.3 Å².